The maximum absolute atomic E-state index is 13.5. The monoisotopic (exact) mass is 477 g/mol. The van der Waals surface area contributed by atoms with Crippen molar-refractivity contribution in [3.05, 3.63) is 59.4 Å². The number of nitriles is 1. The van der Waals surface area contributed by atoms with E-state index in [0.29, 0.717) is 5.56 Å². The fourth-order valence-corrected chi connectivity index (χ4v) is 3.31. The second-order valence-corrected chi connectivity index (χ2v) is 7.39. The number of ether oxygens (including phenoxy) is 1. The summed E-state index contributed by atoms with van der Waals surface area (Å²) in [6.07, 6.45) is -3.54. The number of rotatable bonds is 5. The highest BCUT2D eigenvalue weighted by atomic mass is 19.4. The van der Waals surface area contributed by atoms with Crippen LogP contribution >= 0.6 is 0 Å². The zero-order valence-electron chi connectivity index (χ0n) is 17.4. The highest BCUT2D eigenvalue weighted by Crippen LogP contribution is 2.32. The number of amides is 1. The van der Waals surface area contributed by atoms with Crippen molar-refractivity contribution in [2.75, 3.05) is 6.54 Å². The van der Waals surface area contributed by atoms with Gasteiger partial charge in [0.05, 0.1) is 18.2 Å². The first-order chi connectivity index (χ1) is 16.0. The van der Waals surface area contributed by atoms with Crippen LogP contribution in [0.5, 0.6) is 5.75 Å². The Bertz CT molecular complexity index is 1180. The first kappa shape index (κ1) is 24.6. The Morgan fingerprint density at radius 1 is 1.15 bits per heavy atom. The van der Waals surface area contributed by atoms with Crippen molar-refractivity contribution in [2.24, 2.45) is 0 Å². The fourth-order valence-electron chi connectivity index (χ4n) is 3.31. The quantitative estimate of drug-likeness (QED) is 0.368. The molecule has 0 saturated carbocycles. The minimum absolute atomic E-state index is 0.149. The number of carbonyl (C=O) groups excluding carboxylic acids is 2. The van der Waals surface area contributed by atoms with E-state index >= 15 is 0 Å². The molecule has 1 amide bonds. The standard InChI is InChI=1S/C23H16F5N3O3/c24-22(25)11-17(12-29)31(14-22)21(33)8-7-20(32)19-9-10-30-13-16(19)4-1-15-2-5-18(6-3-15)34-23(26,27)28/h2-3,5-6,9-10,13,17H,7-8,11,14H2/t17-/m0/s1. The largest absolute Gasteiger partial charge is 0.573 e. The highest BCUT2D eigenvalue weighted by molar-refractivity contribution is 6.00. The van der Waals surface area contributed by atoms with Crippen LogP contribution in [-0.2, 0) is 4.79 Å². The Balaban J connectivity index is 1.67. The summed E-state index contributed by atoms with van der Waals surface area (Å²) in [5.74, 6) is 0.662. The van der Waals surface area contributed by atoms with E-state index in [1.165, 1.54) is 30.6 Å². The van der Waals surface area contributed by atoms with Crippen molar-refractivity contribution in [1.29, 1.82) is 5.26 Å². The molecule has 2 heterocycles. The van der Waals surface area contributed by atoms with Gasteiger partial charge in [-0.05, 0) is 30.3 Å². The van der Waals surface area contributed by atoms with Crippen molar-refractivity contribution < 1.29 is 36.3 Å². The van der Waals surface area contributed by atoms with Gasteiger partial charge in [0.1, 0.15) is 11.8 Å². The molecule has 2 aromatic rings. The Kier molecular flexibility index (Phi) is 7.16. The lowest BCUT2D eigenvalue weighted by atomic mass is 10.0. The van der Waals surface area contributed by atoms with E-state index in [9.17, 15) is 31.5 Å². The molecule has 1 aliphatic heterocycles. The number of ketones is 1. The van der Waals surface area contributed by atoms with Crippen LogP contribution in [0.2, 0.25) is 0 Å². The van der Waals surface area contributed by atoms with Crippen molar-refractivity contribution in [3.63, 3.8) is 0 Å². The molecule has 0 bridgehead atoms. The van der Waals surface area contributed by atoms with Crippen LogP contribution in [0.1, 0.15) is 40.7 Å². The van der Waals surface area contributed by atoms with Gasteiger partial charge in [-0.15, -0.1) is 13.2 Å². The van der Waals surface area contributed by atoms with E-state index in [-0.39, 0.29) is 24.0 Å². The maximum Gasteiger partial charge on any atom is 0.573 e. The summed E-state index contributed by atoms with van der Waals surface area (Å²) >= 11 is 0. The summed E-state index contributed by atoms with van der Waals surface area (Å²) in [5, 5.41) is 9.00. The first-order valence-electron chi connectivity index (χ1n) is 9.89. The number of hydrogen-bond donors (Lipinski definition) is 0. The SMILES string of the molecule is N#C[C@@H]1CC(F)(F)CN1C(=O)CCC(=O)c1ccncc1C#Cc1ccc(OC(F)(F)F)cc1. The molecule has 6 nitrogen and oxygen atoms in total. The molecule has 1 aromatic carbocycles. The van der Waals surface area contributed by atoms with Gasteiger partial charge in [0.25, 0.3) is 5.92 Å². The molecule has 1 aromatic heterocycles. The number of Topliss-reactive ketones (excluding diaryl/α,β-unsaturated/α-hetero) is 1. The van der Waals surface area contributed by atoms with Gasteiger partial charge < -0.3 is 9.64 Å². The molecule has 1 atom stereocenters. The number of benzene rings is 1. The van der Waals surface area contributed by atoms with Crippen molar-refractivity contribution in [3.8, 4) is 23.7 Å². The molecule has 176 valence electrons. The van der Waals surface area contributed by atoms with Gasteiger partial charge in [-0.3, -0.25) is 14.6 Å². The summed E-state index contributed by atoms with van der Waals surface area (Å²) in [7, 11) is 0. The zero-order chi connectivity index (χ0) is 24.9. The molecular formula is C23H16F5N3O3. The number of pyridine rings is 1. The van der Waals surface area contributed by atoms with Gasteiger partial charge in [0.2, 0.25) is 5.91 Å². The third-order valence-electron chi connectivity index (χ3n) is 4.86. The summed E-state index contributed by atoms with van der Waals surface area (Å²) < 4.78 is 67.6. The fraction of sp³-hybridized carbons (Fsp3) is 0.304. The van der Waals surface area contributed by atoms with Crippen molar-refractivity contribution in [2.45, 2.75) is 37.6 Å². The molecule has 1 fully saturated rings. The number of aromatic nitrogens is 1. The smallest absolute Gasteiger partial charge is 0.406 e. The number of hydrogen-bond acceptors (Lipinski definition) is 5. The average molecular weight is 477 g/mol. The molecule has 0 radical (unpaired) electrons. The second kappa shape index (κ2) is 9.87. The summed E-state index contributed by atoms with van der Waals surface area (Å²) in [6.45, 7) is -0.864. The molecule has 3 rings (SSSR count). The predicted octanol–water partition coefficient (Wildman–Crippen LogP) is 4.10. The molecule has 0 unspecified atom stereocenters. The summed E-state index contributed by atoms with van der Waals surface area (Å²) in [5.41, 5.74) is 0.721. The van der Waals surface area contributed by atoms with Gasteiger partial charge in [-0.25, -0.2) is 8.78 Å². The molecule has 0 spiro atoms. The van der Waals surface area contributed by atoms with Crippen LogP contribution in [0.25, 0.3) is 0 Å². The van der Waals surface area contributed by atoms with E-state index in [1.54, 1.807) is 6.07 Å². The van der Waals surface area contributed by atoms with Gasteiger partial charge in [0, 0.05) is 42.8 Å². The third kappa shape index (κ3) is 6.51. The number of carbonyl (C=O) groups is 2. The first-order valence-corrected chi connectivity index (χ1v) is 9.89. The van der Waals surface area contributed by atoms with Gasteiger partial charge >= 0.3 is 6.36 Å². The lowest BCUT2D eigenvalue weighted by molar-refractivity contribution is -0.274. The molecule has 1 saturated heterocycles. The number of halogens is 5. The third-order valence-corrected chi connectivity index (χ3v) is 4.86. The number of likely N-dealkylation sites (tertiary alicyclic amines) is 1. The van der Waals surface area contributed by atoms with Crippen LogP contribution in [0.15, 0.2) is 42.7 Å². The molecule has 0 aliphatic carbocycles. The molecular weight excluding hydrogens is 461 g/mol. The van der Waals surface area contributed by atoms with E-state index in [2.05, 4.69) is 21.6 Å². The zero-order valence-corrected chi connectivity index (χ0v) is 17.4. The molecule has 0 N–H and O–H groups in total. The predicted molar refractivity (Wildman–Crippen MR) is 108 cm³/mol. The molecule has 1 aliphatic rings. The Labute approximate surface area is 190 Å². The minimum Gasteiger partial charge on any atom is -0.406 e. The van der Waals surface area contributed by atoms with Crippen LogP contribution < -0.4 is 4.74 Å². The second-order valence-electron chi connectivity index (χ2n) is 7.39. The van der Waals surface area contributed by atoms with E-state index in [1.807, 2.05) is 0 Å². The highest BCUT2D eigenvalue weighted by Gasteiger charge is 2.47. The molecule has 34 heavy (non-hydrogen) atoms. The summed E-state index contributed by atoms with van der Waals surface area (Å²) in [6, 6.07) is 6.62. The van der Waals surface area contributed by atoms with Crippen molar-refractivity contribution >= 4 is 11.7 Å². The normalized spacial score (nSPS) is 16.8. The number of nitrogens with zero attached hydrogens (tertiary/aromatic N) is 3. The lowest BCUT2D eigenvalue weighted by Gasteiger charge is -2.18. The lowest BCUT2D eigenvalue weighted by Crippen LogP contribution is -2.36. The van der Waals surface area contributed by atoms with E-state index in [4.69, 9.17) is 5.26 Å². The van der Waals surface area contributed by atoms with Crippen LogP contribution in [-0.4, -0.2) is 46.4 Å². The van der Waals surface area contributed by atoms with E-state index in [0.717, 1.165) is 17.0 Å². The Morgan fingerprint density at radius 2 is 1.85 bits per heavy atom. The average Bonchev–Trinajstić information content (AvgIpc) is 3.10. The molecule has 11 heteroatoms. The van der Waals surface area contributed by atoms with Gasteiger partial charge in [-0.1, -0.05) is 11.8 Å². The number of alkyl halides is 5. The Morgan fingerprint density at radius 3 is 2.50 bits per heavy atom. The van der Waals surface area contributed by atoms with Gasteiger partial charge in [0.15, 0.2) is 5.78 Å². The minimum atomic E-state index is -4.81. The van der Waals surface area contributed by atoms with Crippen molar-refractivity contribution in [1.82, 2.24) is 9.88 Å². The van der Waals surface area contributed by atoms with Crippen LogP contribution in [0, 0.1) is 23.2 Å². The topological polar surface area (TPSA) is 83.3 Å². The van der Waals surface area contributed by atoms with Crippen LogP contribution in [0.3, 0.4) is 0 Å². The van der Waals surface area contributed by atoms with Gasteiger partial charge in [-0.2, -0.15) is 5.26 Å². The van der Waals surface area contributed by atoms with E-state index < -0.39 is 48.7 Å². The van der Waals surface area contributed by atoms with Crippen LogP contribution in [0.4, 0.5) is 22.0 Å². The summed E-state index contributed by atoms with van der Waals surface area (Å²) in [4.78, 5) is 29.6. The Hall–Kier alpha value is -3.99. The maximum atomic E-state index is 13.5.